The highest BCUT2D eigenvalue weighted by atomic mass is 35.5. The normalized spacial score (nSPS) is 11.3. The van der Waals surface area contributed by atoms with E-state index in [2.05, 4.69) is 15.2 Å². The van der Waals surface area contributed by atoms with Gasteiger partial charge in [0.1, 0.15) is 5.82 Å². The Bertz CT molecular complexity index is 660. The molecule has 0 aliphatic heterocycles. The molecule has 110 valence electrons. The van der Waals surface area contributed by atoms with Crippen molar-refractivity contribution >= 4 is 35.2 Å². The molecule has 0 atom stereocenters. The van der Waals surface area contributed by atoms with E-state index in [0.29, 0.717) is 27.3 Å². The van der Waals surface area contributed by atoms with E-state index in [1.807, 2.05) is 0 Å². The van der Waals surface area contributed by atoms with Gasteiger partial charge in [0, 0.05) is 21.7 Å². The minimum absolute atomic E-state index is 0.166. The van der Waals surface area contributed by atoms with Crippen molar-refractivity contribution in [1.82, 2.24) is 15.2 Å². The fraction of sp³-hybridized carbons (Fsp3) is 0.214. The van der Waals surface area contributed by atoms with Gasteiger partial charge in [-0.25, -0.2) is 9.78 Å². The number of benzene rings is 1. The summed E-state index contributed by atoms with van der Waals surface area (Å²) in [5, 5.41) is 7.76. The first kappa shape index (κ1) is 15.5. The topological polar surface area (TPSA) is 67.9 Å². The number of aromatic nitrogens is 3. The number of halogens is 2. The van der Waals surface area contributed by atoms with Crippen LogP contribution in [-0.2, 0) is 9.53 Å². The summed E-state index contributed by atoms with van der Waals surface area (Å²) in [7, 11) is 0. The Morgan fingerprint density at radius 2 is 1.95 bits per heavy atom. The number of hydrogen-bond donors (Lipinski definition) is 1. The molecule has 0 radical (unpaired) electrons. The van der Waals surface area contributed by atoms with Crippen LogP contribution in [0.1, 0.15) is 19.7 Å². The molecular weight excluding hydrogens is 313 g/mol. The van der Waals surface area contributed by atoms with E-state index in [1.54, 1.807) is 32.0 Å². The number of esters is 1. The molecule has 0 saturated carbocycles. The maximum Gasteiger partial charge on any atom is 0.331 e. The highest BCUT2D eigenvalue weighted by Gasteiger charge is 2.07. The zero-order valence-electron chi connectivity index (χ0n) is 11.4. The lowest BCUT2D eigenvalue weighted by atomic mass is 10.2. The molecule has 5 nitrogen and oxygen atoms in total. The number of H-pyrrole nitrogens is 1. The minimum Gasteiger partial charge on any atom is -0.460 e. The zero-order chi connectivity index (χ0) is 15.4. The summed E-state index contributed by atoms with van der Waals surface area (Å²) in [6.45, 7) is 3.56. The van der Waals surface area contributed by atoms with Crippen LogP contribution in [0.15, 0.2) is 24.3 Å². The Kier molecular flexibility index (Phi) is 4.98. The second kappa shape index (κ2) is 6.74. The number of rotatable bonds is 4. The number of hydrogen-bond acceptors (Lipinski definition) is 4. The highest BCUT2D eigenvalue weighted by molar-refractivity contribution is 6.35. The maximum absolute atomic E-state index is 11.4. The maximum atomic E-state index is 11.4. The Hall–Kier alpha value is -1.85. The van der Waals surface area contributed by atoms with Gasteiger partial charge in [-0.1, -0.05) is 23.2 Å². The first-order valence-corrected chi connectivity index (χ1v) is 6.97. The van der Waals surface area contributed by atoms with Gasteiger partial charge in [0.05, 0.1) is 6.10 Å². The van der Waals surface area contributed by atoms with Crippen molar-refractivity contribution in [2.24, 2.45) is 0 Å². The molecule has 1 N–H and O–H groups in total. The van der Waals surface area contributed by atoms with E-state index >= 15 is 0 Å². The number of carbonyl (C=O) groups excluding carboxylic acids is 1. The summed E-state index contributed by atoms with van der Waals surface area (Å²) in [5.74, 6) is 0.437. The van der Waals surface area contributed by atoms with Crippen molar-refractivity contribution in [3.05, 3.63) is 40.1 Å². The number of nitrogens with zero attached hydrogens (tertiary/aromatic N) is 2. The van der Waals surface area contributed by atoms with Crippen LogP contribution < -0.4 is 0 Å². The quantitative estimate of drug-likeness (QED) is 0.686. The van der Waals surface area contributed by atoms with Crippen molar-refractivity contribution in [3.63, 3.8) is 0 Å². The number of aromatic amines is 1. The van der Waals surface area contributed by atoms with Gasteiger partial charge in [-0.15, -0.1) is 0 Å². The average molecular weight is 326 g/mol. The summed E-state index contributed by atoms with van der Waals surface area (Å²) >= 11 is 11.9. The zero-order valence-corrected chi connectivity index (χ0v) is 12.9. The van der Waals surface area contributed by atoms with Crippen molar-refractivity contribution in [1.29, 1.82) is 0 Å². The second-order valence-electron chi connectivity index (χ2n) is 4.52. The lowest BCUT2D eigenvalue weighted by molar-refractivity contribution is -0.141. The predicted molar refractivity (Wildman–Crippen MR) is 82.1 cm³/mol. The molecule has 0 aliphatic carbocycles. The summed E-state index contributed by atoms with van der Waals surface area (Å²) in [4.78, 5) is 15.6. The van der Waals surface area contributed by atoms with Crippen molar-refractivity contribution in [2.75, 3.05) is 0 Å². The van der Waals surface area contributed by atoms with Crippen LogP contribution >= 0.6 is 23.2 Å². The van der Waals surface area contributed by atoms with Crippen LogP contribution in [0.25, 0.3) is 17.5 Å². The first-order chi connectivity index (χ1) is 9.94. The van der Waals surface area contributed by atoms with Crippen LogP contribution in [0.4, 0.5) is 0 Å². The predicted octanol–water partition coefficient (Wildman–Crippen LogP) is 3.74. The lowest BCUT2D eigenvalue weighted by Crippen LogP contribution is -2.08. The van der Waals surface area contributed by atoms with Gasteiger partial charge in [0.2, 0.25) is 0 Å². The third-order valence-electron chi connectivity index (χ3n) is 2.35. The van der Waals surface area contributed by atoms with Crippen molar-refractivity contribution < 1.29 is 9.53 Å². The van der Waals surface area contributed by atoms with E-state index in [1.165, 1.54) is 12.2 Å². The fourth-order valence-electron chi connectivity index (χ4n) is 1.58. The van der Waals surface area contributed by atoms with E-state index in [-0.39, 0.29) is 6.10 Å². The third kappa shape index (κ3) is 4.58. The molecule has 0 amide bonds. The van der Waals surface area contributed by atoms with Crippen LogP contribution in [0.2, 0.25) is 10.0 Å². The Morgan fingerprint density at radius 1 is 1.29 bits per heavy atom. The smallest absolute Gasteiger partial charge is 0.331 e. The molecule has 0 aliphatic rings. The molecule has 0 unspecified atom stereocenters. The largest absolute Gasteiger partial charge is 0.460 e. The van der Waals surface area contributed by atoms with E-state index in [4.69, 9.17) is 27.9 Å². The third-order valence-corrected chi connectivity index (χ3v) is 2.79. The Balaban J connectivity index is 2.14. The average Bonchev–Trinajstić information content (AvgIpc) is 2.83. The molecule has 0 saturated heterocycles. The molecule has 2 rings (SSSR count). The molecule has 7 heteroatoms. The van der Waals surface area contributed by atoms with E-state index in [0.717, 1.165) is 0 Å². The first-order valence-electron chi connectivity index (χ1n) is 6.21. The molecule has 1 aromatic heterocycles. The lowest BCUT2D eigenvalue weighted by Gasteiger charge is -2.03. The SMILES string of the molecule is CC(C)OC(=O)/C=C\c1nc(-c2cc(Cl)cc(Cl)c2)n[nH]1. The number of ether oxygens (including phenoxy) is 1. The number of carbonyl (C=O) groups is 1. The standard InChI is InChI=1S/C14H13Cl2N3O2/c1-8(2)21-13(20)4-3-12-17-14(19-18-12)9-5-10(15)7-11(16)6-9/h3-8H,1-2H3,(H,17,18,19)/b4-3-. The summed E-state index contributed by atoms with van der Waals surface area (Å²) < 4.78 is 4.97. The molecule has 2 aromatic rings. The van der Waals surface area contributed by atoms with Gasteiger partial charge in [-0.05, 0) is 38.1 Å². The van der Waals surface area contributed by atoms with Crippen LogP contribution in [-0.4, -0.2) is 27.3 Å². The van der Waals surface area contributed by atoms with E-state index in [9.17, 15) is 4.79 Å². The summed E-state index contributed by atoms with van der Waals surface area (Å²) in [6.07, 6.45) is 2.61. The van der Waals surface area contributed by atoms with Gasteiger partial charge in [-0.3, -0.25) is 5.10 Å². The van der Waals surface area contributed by atoms with E-state index < -0.39 is 5.97 Å². The molecule has 1 aromatic carbocycles. The second-order valence-corrected chi connectivity index (χ2v) is 5.39. The highest BCUT2D eigenvalue weighted by Crippen LogP contribution is 2.24. The minimum atomic E-state index is -0.436. The fourth-order valence-corrected chi connectivity index (χ4v) is 2.11. The van der Waals surface area contributed by atoms with Gasteiger partial charge in [0.15, 0.2) is 5.82 Å². The molecule has 21 heavy (non-hydrogen) atoms. The number of nitrogens with one attached hydrogen (secondary N) is 1. The van der Waals surface area contributed by atoms with Gasteiger partial charge >= 0.3 is 5.97 Å². The molecule has 0 spiro atoms. The van der Waals surface area contributed by atoms with Crippen LogP contribution in [0, 0.1) is 0 Å². The van der Waals surface area contributed by atoms with Gasteiger partial charge in [-0.2, -0.15) is 5.10 Å². The van der Waals surface area contributed by atoms with Crippen LogP contribution in [0.3, 0.4) is 0 Å². The van der Waals surface area contributed by atoms with Gasteiger partial charge < -0.3 is 4.74 Å². The molecule has 0 fully saturated rings. The summed E-state index contributed by atoms with van der Waals surface area (Å²) in [5.41, 5.74) is 0.688. The molecule has 0 bridgehead atoms. The van der Waals surface area contributed by atoms with Crippen LogP contribution in [0.5, 0.6) is 0 Å². The van der Waals surface area contributed by atoms with Crippen molar-refractivity contribution in [3.8, 4) is 11.4 Å². The van der Waals surface area contributed by atoms with Gasteiger partial charge in [0.25, 0.3) is 0 Å². The molecular formula is C14H13Cl2N3O2. The molecule has 1 heterocycles. The Morgan fingerprint density at radius 3 is 2.57 bits per heavy atom. The monoisotopic (exact) mass is 325 g/mol. The van der Waals surface area contributed by atoms with Crippen molar-refractivity contribution in [2.45, 2.75) is 20.0 Å². The Labute approximate surface area is 131 Å². The summed E-state index contributed by atoms with van der Waals surface area (Å²) in [6, 6.07) is 5.04.